The van der Waals surface area contributed by atoms with Crippen LogP contribution in [0.5, 0.6) is 0 Å². The van der Waals surface area contributed by atoms with E-state index in [2.05, 4.69) is 25.8 Å². The van der Waals surface area contributed by atoms with Crippen molar-refractivity contribution in [3.05, 3.63) is 11.9 Å². The number of rotatable bonds is 2. The fourth-order valence-electron chi connectivity index (χ4n) is 2.90. The highest BCUT2D eigenvalue weighted by atomic mass is 16.5. The number of amides is 1. The van der Waals surface area contributed by atoms with Crippen LogP contribution in [-0.2, 0) is 9.53 Å². The molecule has 2 aliphatic rings. The van der Waals surface area contributed by atoms with Crippen molar-refractivity contribution in [2.45, 2.75) is 13.8 Å². The van der Waals surface area contributed by atoms with Gasteiger partial charge in [0.2, 0.25) is 5.91 Å². The predicted octanol–water partition coefficient (Wildman–Crippen LogP) is 0.290. The molecule has 2 fully saturated rings. The summed E-state index contributed by atoms with van der Waals surface area (Å²) >= 11 is 0. The molecule has 0 aromatic carbocycles. The van der Waals surface area contributed by atoms with Gasteiger partial charge < -0.3 is 19.4 Å². The van der Waals surface area contributed by atoms with E-state index in [4.69, 9.17) is 4.74 Å². The molecule has 3 rings (SSSR count). The first kappa shape index (κ1) is 15.0. The molecule has 0 unspecified atom stereocenters. The fraction of sp³-hybridized carbons (Fsp3) is 0.667. The van der Waals surface area contributed by atoms with Crippen molar-refractivity contribution in [2.75, 3.05) is 62.3 Å². The Kier molecular flexibility index (Phi) is 4.42. The number of anilines is 2. The van der Waals surface area contributed by atoms with Gasteiger partial charge in [0.15, 0.2) is 0 Å². The van der Waals surface area contributed by atoms with Gasteiger partial charge in [-0.05, 0) is 6.92 Å². The minimum absolute atomic E-state index is 0.146. The molecular weight excluding hydrogens is 282 g/mol. The first-order valence-corrected chi connectivity index (χ1v) is 7.82. The molecule has 7 nitrogen and oxygen atoms in total. The molecule has 7 heteroatoms. The second kappa shape index (κ2) is 6.48. The van der Waals surface area contributed by atoms with E-state index < -0.39 is 0 Å². The predicted molar refractivity (Wildman–Crippen MR) is 84.3 cm³/mol. The molecule has 0 atom stereocenters. The Morgan fingerprint density at radius 2 is 1.55 bits per heavy atom. The molecule has 0 bridgehead atoms. The van der Waals surface area contributed by atoms with Gasteiger partial charge in [-0.3, -0.25) is 4.79 Å². The molecule has 0 N–H and O–H groups in total. The second-order valence-corrected chi connectivity index (χ2v) is 5.72. The molecule has 120 valence electrons. The maximum Gasteiger partial charge on any atom is 0.219 e. The van der Waals surface area contributed by atoms with Crippen molar-refractivity contribution in [1.82, 2.24) is 14.9 Å². The van der Waals surface area contributed by atoms with Crippen molar-refractivity contribution < 1.29 is 9.53 Å². The van der Waals surface area contributed by atoms with Crippen LogP contribution in [0.3, 0.4) is 0 Å². The third-order valence-electron chi connectivity index (χ3n) is 4.19. The quantitative estimate of drug-likeness (QED) is 0.783. The number of morpholine rings is 1. The Morgan fingerprint density at radius 3 is 2.09 bits per heavy atom. The van der Waals surface area contributed by atoms with Crippen LogP contribution in [0.15, 0.2) is 6.07 Å². The van der Waals surface area contributed by atoms with Crippen molar-refractivity contribution in [1.29, 1.82) is 0 Å². The zero-order valence-electron chi connectivity index (χ0n) is 13.3. The molecular formula is C15H23N5O2. The number of aryl methyl sites for hydroxylation is 1. The van der Waals surface area contributed by atoms with Crippen LogP contribution < -0.4 is 9.80 Å². The van der Waals surface area contributed by atoms with Crippen LogP contribution in [0.25, 0.3) is 0 Å². The van der Waals surface area contributed by atoms with E-state index in [9.17, 15) is 4.79 Å². The number of hydrogen-bond acceptors (Lipinski definition) is 6. The lowest BCUT2D eigenvalue weighted by Crippen LogP contribution is -2.48. The van der Waals surface area contributed by atoms with Crippen molar-refractivity contribution in [2.24, 2.45) is 0 Å². The van der Waals surface area contributed by atoms with Gasteiger partial charge in [-0.1, -0.05) is 0 Å². The summed E-state index contributed by atoms with van der Waals surface area (Å²) in [5.41, 5.74) is 0. The molecule has 2 saturated heterocycles. The molecule has 0 aliphatic carbocycles. The van der Waals surface area contributed by atoms with Gasteiger partial charge in [0.1, 0.15) is 17.5 Å². The zero-order chi connectivity index (χ0) is 15.5. The monoisotopic (exact) mass is 305 g/mol. The molecule has 0 saturated carbocycles. The summed E-state index contributed by atoms with van der Waals surface area (Å²) in [4.78, 5) is 26.9. The number of carbonyl (C=O) groups excluding carboxylic acids is 1. The maximum atomic E-state index is 11.4. The molecule has 1 aromatic rings. The SMILES string of the molecule is CC(=O)N1CCN(c2cc(N3CCOCC3)nc(C)n2)CC1. The average molecular weight is 305 g/mol. The molecule has 1 amide bonds. The van der Waals surface area contributed by atoms with Gasteiger partial charge in [-0.15, -0.1) is 0 Å². The largest absolute Gasteiger partial charge is 0.378 e. The molecule has 22 heavy (non-hydrogen) atoms. The fourth-order valence-corrected chi connectivity index (χ4v) is 2.90. The number of hydrogen-bond donors (Lipinski definition) is 0. The van der Waals surface area contributed by atoms with E-state index in [-0.39, 0.29) is 5.91 Å². The highest BCUT2D eigenvalue weighted by molar-refractivity contribution is 5.73. The standard InChI is InChI=1S/C15H23N5O2/c1-12-16-14(19-5-3-18(4-6-19)13(2)21)11-15(17-12)20-7-9-22-10-8-20/h11H,3-10H2,1-2H3. The highest BCUT2D eigenvalue weighted by Gasteiger charge is 2.21. The van der Waals surface area contributed by atoms with Gasteiger partial charge >= 0.3 is 0 Å². The van der Waals surface area contributed by atoms with Crippen LogP contribution in [0, 0.1) is 6.92 Å². The van der Waals surface area contributed by atoms with Crippen molar-refractivity contribution in [3.8, 4) is 0 Å². The van der Waals surface area contributed by atoms with Gasteiger partial charge in [0, 0.05) is 52.3 Å². The minimum atomic E-state index is 0.146. The molecule has 0 spiro atoms. The van der Waals surface area contributed by atoms with Crippen molar-refractivity contribution in [3.63, 3.8) is 0 Å². The van der Waals surface area contributed by atoms with Crippen LogP contribution in [-0.4, -0.2) is 73.3 Å². The maximum absolute atomic E-state index is 11.4. The smallest absolute Gasteiger partial charge is 0.219 e. The summed E-state index contributed by atoms with van der Waals surface area (Å²) in [6.45, 7) is 9.93. The highest BCUT2D eigenvalue weighted by Crippen LogP contribution is 2.21. The number of nitrogens with zero attached hydrogens (tertiary/aromatic N) is 5. The summed E-state index contributed by atoms with van der Waals surface area (Å²) in [6.07, 6.45) is 0. The third kappa shape index (κ3) is 3.30. The van der Waals surface area contributed by atoms with E-state index in [0.717, 1.165) is 69.9 Å². The summed E-state index contributed by atoms with van der Waals surface area (Å²) in [7, 11) is 0. The van der Waals surface area contributed by atoms with Crippen LogP contribution in [0.2, 0.25) is 0 Å². The first-order valence-electron chi connectivity index (χ1n) is 7.82. The van der Waals surface area contributed by atoms with Crippen LogP contribution in [0.4, 0.5) is 11.6 Å². The topological polar surface area (TPSA) is 61.8 Å². The Bertz CT molecular complexity index is 537. The van der Waals surface area contributed by atoms with E-state index in [1.807, 2.05) is 11.8 Å². The third-order valence-corrected chi connectivity index (χ3v) is 4.19. The first-order chi connectivity index (χ1) is 10.6. The Morgan fingerprint density at radius 1 is 1.00 bits per heavy atom. The van der Waals surface area contributed by atoms with Gasteiger partial charge in [-0.25, -0.2) is 9.97 Å². The lowest BCUT2D eigenvalue weighted by Gasteiger charge is -2.35. The van der Waals surface area contributed by atoms with Crippen LogP contribution in [0.1, 0.15) is 12.7 Å². The lowest BCUT2D eigenvalue weighted by molar-refractivity contribution is -0.129. The Balaban J connectivity index is 1.74. The summed E-state index contributed by atoms with van der Waals surface area (Å²) in [5.74, 6) is 2.86. The van der Waals surface area contributed by atoms with E-state index in [1.165, 1.54) is 0 Å². The van der Waals surface area contributed by atoms with E-state index in [1.54, 1.807) is 6.92 Å². The van der Waals surface area contributed by atoms with Crippen LogP contribution >= 0.6 is 0 Å². The van der Waals surface area contributed by atoms with E-state index >= 15 is 0 Å². The number of ether oxygens (including phenoxy) is 1. The summed E-state index contributed by atoms with van der Waals surface area (Å²) in [5, 5.41) is 0. The molecule has 1 aromatic heterocycles. The zero-order valence-corrected chi connectivity index (χ0v) is 13.3. The lowest BCUT2D eigenvalue weighted by atomic mass is 10.3. The van der Waals surface area contributed by atoms with E-state index in [0.29, 0.717) is 0 Å². The number of aromatic nitrogens is 2. The second-order valence-electron chi connectivity index (χ2n) is 5.72. The number of piperazine rings is 1. The number of carbonyl (C=O) groups is 1. The normalized spacial score (nSPS) is 19.5. The average Bonchev–Trinajstić information content (AvgIpc) is 2.55. The van der Waals surface area contributed by atoms with Crippen molar-refractivity contribution >= 4 is 17.5 Å². The minimum Gasteiger partial charge on any atom is -0.378 e. The van der Waals surface area contributed by atoms with Gasteiger partial charge in [0.25, 0.3) is 0 Å². The van der Waals surface area contributed by atoms with Gasteiger partial charge in [0.05, 0.1) is 13.2 Å². The Hall–Kier alpha value is -1.89. The summed E-state index contributed by atoms with van der Waals surface area (Å²) < 4.78 is 5.40. The summed E-state index contributed by atoms with van der Waals surface area (Å²) in [6, 6.07) is 2.06. The molecule has 3 heterocycles. The molecule has 0 radical (unpaired) electrons. The van der Waals surface area contributed by atoms with Gasteiger partial charge in [-0.2, -0.15) is 0 Å². The Labute approximate surface area is 130 Å². The molecule has 2 aliphatic heterocycles.